The van der Waals surface area contributed by atoms with Crippen molar-refractivity contribution in [1.82, 2.24) is 0 Å². The molecule has 0 aromatic heterocycles. The van der Waals surface area contributed by atoms with E-state index in [9.17, 15) is 4.79 Å². The number of ether oxygens (including phenoxy) is 3. The molecule has 5 nitrogen and oxygen atoms in total. The van der Waals surface area contributed by atoms with Gasteiger partial charge in [-0.05, 0) is 61.9 Å². The smallest absolute Gasteiger partial charge is 0.265 e. The highest BCUT2D eigenvalue weighted by atomic mass is 16.5. The van der Waals surface area contributed by atoms with Crippen LogP contribution in [0, 0.1) is 0 Å². The summed E-state index contributed by atoms with van der Waals surface area (Å²) in [5.41, 5.74) is 0.694. The lowest BCUT2D eigenvalue weighted by molar-refractivity contribution is -0.122. The number of hydrogen-bond acceptors (Lipinski definition) is 4. The van der Waals surface area contributed by atoms with Gasteiger partial charge in [-0.1, -0.05) is 6.92 Å². The molecule has 2 aromatic carbocycles. The number of methoxy groups -OCH3 is 1. The number of rotatable bonds is 8. The molecule has 1 unspecified atom stereocenters. The molecule has 2 rings (SSSR count). The van der Waals surface area contributed by atoms with Crippen molar-refractivity contribution in [2.45, 2.75) is 26.4 Å². The van der Waals surface area contributed by atoms with Crippen LogP contribution in [0.5, 0.6) is 17.2 Å². The zero-order valence-electron chi connectivity index (χ0n) is 14.2. The first-order valence-electron chi connectivity index (χ1n) is 7.96. The normalized spacial score (nSPS) is 11.5. The van der Waals surface area contributed by atoms with Crippen molar-refractivity contribution in [2.75, 3.05) is 19.0 Å². The van der Waals surface area contributed by atoms with Gasteiger partial charge in [0.15, 0.2) is 6.10 Å². The lowest BCUT2D eigenvalue weighted by atomic mass is 10.2. The first-order valence-corrected chi connectivity index (χ1v) is 7.96. The van der Waals surface area contributed by atoms with Gasteiger partial charge >= 0.3 is 0 Å². The van der Waals surface area contributed by atoms with Crippen molar-refractivity contribution in [2.24, 2.45) is 0 Å². The Morgan fingerprint density at radius 2 is 1.58 bits per heavy atom. The van der Waals surface area contributed by atoms with Gasteiger partial charge in [-0.15, -0.1) is 0 Å². The molecule has 5 heteroatoms. The third-order valence-electron chi connectivity index (χ3n) is 3.34. The molecule has 128 valence electrons. The summed E-state index contributed by atoms with van der Waals surface area (Å²) in [6.07, 6.45) is 0.343. The van der Waals surface area contributed by atoms with Gasteiger partial charge < -0.3 is 19.5 Å². The Kier molecular flexibility index (Phi) is 6.49. The minimum atomic E-state index is -0.616. The number of anilines is 1. The van der Waals surface area contributed by atoms with Crippen molar-refractivity contribution in [3.8, 4) is 17.2 Å². The van der Waals surface area contributed by atoms with Crippen molar-refractivity contribution in [3.05, 3.63) is 48.5 Å². The second-order valence-electron chi connectivity index (χ2n) is 5.30. The number of carbonyl (C=O) groups excluding carboxylic acids is 1. The summed E-state index contributed by atoms with van der Waals surface area (Å²) in [7, 11) is 1.60. The summed E-state index contributed by atoms with van der Waals surface area (Å²) >= 11 is 0. The Balaban J connectivity index is 1.88. The molecule has 1 atom stereocenters. The SMILES string of the molecule is CCCOc1ccc(OC(C)C(=O)Nc2ccc(OC)cc2)cc1. The molecule has 0 aliphatic rings. The molecule has 1 N–H and O–H groups in total. The van der Waals surface area contributed by atoms with E-state index in [1.165, 1.54) is 0 Å². The van der Waals surface area contributed by atoms with Crippen LogP contribution in [0.4, 0.5) is 5.69 Å². The quantitative estimate of drug-likeness (QED) is 0.798. The predicted molar refractivity (Wildman–Crippen MR) is 93.9 cm³/mol. The number of amides is 1. The van der Waals surface area contributed by atoms with Gasteiger partial charge in [-0.2, -0.15) is 0 Å². The van der Waals surface area contributed by atoms with Crippen molar-refractivity contribution >= 4 is 11.6 Å². The van der Waals surface area contributed by atoms with E-state index in [-0.39, 0.29) is 5.91 Å². The van der Waals surface area contributed by atoms with Crippen LogP contribution in [-0.2, 0) is 4.79 Å². The Labute approximate surface area is 142 Å². The van der Waals surface area contributed by atoms with Crippen LogP contribution < -0.4 is 19.5 Å². The van der Waals surface area contributed by atoms with E-state index in [1.807, 2.05) is 12.1 Å². The van der Waals surface area contributed by atoms with E-state index in [4.69, 9.17) is 14.2 Å². The maximum absolute atomic E-state index is 12.2. The van der Waals surface area contributed by atoms with Gasteiger partial charge in [0, 0.05) is 5.69 Å². The van der Waals surface area contributed by atoms with Crippen LogP contribution in [0.3, 0.4) is 0 Å². The second-order valence-corrected chi connectivity index (χ2v) is 5.30. The molecule has 0 spiro atoms. The van der Waals surface area contributed by atoms with Crippen LogP contribution in [0.2, 0.25) is 0 Å². The molecule has 0 heterocycles. The predicted octanol–water partition coefficient (Wildman–Crippen LogP) is 3.89. The van der Waals surface area contributed by atoms with E-state index in [0.29, 0.717) is 18.0 Å². The van der Waals surface area contributed by atoms with Gasteiger partial charge in [0.2, 0.25) is 0 Å². The fraction of sp³-hybridized carbons (Fsp3) is 0.316. The lowest BCUT2D eigenvalue weighted by Gasteiger charge is -2.15. The summed E-state index contributed by atoms with van der Waals surface area (Å²) in [6.45, 7) is 4.45. The summed E-state index contributed by atoms with van der Waals surface area (Å²) in [5.74, 6) is 1.94. The second kappa shape index (κ2) is 8.82. The van der Waals surface area contributed by atoms with Gasteiger partial charge in [-0.3, -0.25) is 4.79 Å². The van der Waals surface area contributed by atoms with Crippen LogP contribution in [0.15, 0.2) is 48.5 Å². The zero-order valence-corrected chi connectivity index (χ0v) is 14.2. The largest absolute Gasteiger partial charge is 0.497 e. The van der Waals surface area contributed by atoms with Gasteiger partial charge in [0.1, 0.15) is 17.2 Å². The highest BCUT2D eigenvalue weighted by Gasteiger charge is 2.15. The van der Waals surface area contributed by atoms with Crippen LogP contribution >= 0.6 is 0 Å². The molecule has 0 aliphatic carbocycles. The standard InChI is InChI=1S/C19H23NO4/c1-4-13-23-17-9-11-18(12-10-17)24-14(2)19(21)20-15-5-7-16(22-3)8-6-15/h5-12,14H,4,13H2,1-3H3,(H,20,21). The molecule has 24 heavy (non-hydrogen) atoms. The molecule has 0 bridgehead atoms. The molecule has 0 saturated heterocycles. The van der Waals surface area contributed by atoms with Crippen LogP contribution in [0.25, 0.3) is 0 Å². The number of nitrogens with one attached hydrogen (secondary N) is 1. The summed E-state index contributed by atoms with van der Waals surface area (Å²) in [5, 5.41) is 2.81. The van der Waals surface area contributed by atoms with Gasteiger partial charge in [-0.25, -0.2) is 0 Å². The van der Waals surface area contributed by atoms with Crippen molar-refractivity contribution < 1.29 is 19.0 Å². The van der Waals surface area contributed by atoms with E-state index < -0.39 is 6.10 Å². The van der Waals surface area contributed by atoms with Crippen LogP contribution in [-0.4, -0.2) is 25.7 Å². The summed E-state index contributed by atoms with van der Waals surface area (Å²) in [4.78, 5) is 12.2. The van der Waals surface area contributed by atoms with E-state index in [1.54, 1.807) is 50.4 Å². The highest BCUT2D eigenvalue weighted by Crippen LogP contribution is 2.20. The third-order valence-corrected chi connectivity index (χ3v) is 3.34. The minimum Gasteiger partial charge on any atom is -0.497 e. The molecule has 0 radical (unpaired) electrons. The zero-order chi connectivity index (χ0) is 17.4. The first kappa shape index (κ1) is 17.7. The van der Waals surface area contributed by atoms with Gasteiger partial charge in [0.05, 0.1) is 13.7 Å². The molecule has 0 saturated carbocycles. The summed E-state index contributed by atoms with van der Waals surface area (Å²) < 4.78 is 16.3. The average molecular weight is 329 g/mol. The molecule has 0 aliphatic heterocycles. The number of benzene rings is 2. The highest BCUT2D eigenvalue weighted by molar-refractivity contribution is 5.94. The summed E-state index contributed by atoms with van der Waals surface area (Å²) in [6, 6.07) is 14.4. The first-order chi connectivity index (χ1) is 11.6. The third kappa shape index (κ3) is 5.19. The topological polar surface area (TPSA) is 56.8 Å². The molecule has 1 amide bonds. The van der Waals surface area contributed by atoms with Crippen LogP contribution in [0.1, 0.15) is 20.3 Å². The maximum atomic E-state index is 12.2. The van der Waals surface area contributed by atoms with E-state index >= 15 is 0 Å². The van der Waals surface area contributed by atoms with Crippen molar-refractivity contribution in [3.63, 3.8) is 0 Å². The molecule has 2 aromatic rings. The maximum Gasteiger partial charge on any atom is 0.265 e. The number of carbonyl (C=O) groups is 1. The van der Waals surface area contributed by atoms with E-state index in [0.717, 1.165) is 17.9 Å². The average Bonchev–Trinajstić information content (AvgIpc) is 2.61. The molecular formula is C19H23NO4. The van der Waals surface area contributed by atoms with Crippen molar-refractivity contribution in [1.29, 1.82) is 0 Å². The fourth-order valence-electron chi connectivity index (χ4n) is 2.01. The Hall–Kier alpha value is -2.69. The van der Waals surface area contributed by atoms with E-state index in [2.05, 4.69) is 12.2 Å². The molecule has 0 fully saturated rings. The Morgan fingerprint density at radius 1 is 1.00 bits per heavy atom. The monoisotopic (exact) mass is 329 g/mol. The Bertz CT molecular complexity index is 637. The number of hydrogen-bond donors (Lipinski definition) is 1. The van der Waals surface area contributed by atoms with Gasteiger partial charge in [0.25, 0.3) is 5.91 Å². The fourth-order valence-corrected chi connectivity index (χ4v) is 2.01. The Morgan fingerprint density at radius 3 is 2.17 bits per heavy atom. The molecular weight excluding hydrogens is 306 g/mol. The lowest BCUT2D eigenvalue weighted by Crippen LogP contribution is -2.30. The minimum absolute atomic E-state index is 0.216.